The summed E-state index contributed by atoms with van der Waals surface area (Å²) in [6.07, 6.45) is 0.972. The van der Waals surface area contributed by atoms with Crippen molar-refractivity contribution in [2.45, 2.75) is 13.0 Å². The fourth-order valence-corrected chi connectivity index (χ4v) is 3.20. The minimum Gasteiger partial charge on any atom is -0.449 e. The molecule has 0 radical (unpaired) electrons. The number of benzene rings is 1. The van der Waals surface area contributed by atoms with Crippen molar-refractivity contribution < 1.29 is 17.9 Å². The molecule has 1 aromatic carbocycles. The van der Waals surface area contributed by atoms with E-state index < -0.39 is 22.0 Å². The number of nitrogens with zero attached hydrogens (tertiary/aromatic N) is 1. The first kappa shape index (κ1) is 13.6. The summed E-state index contributed by atoms with van der Waals surface area (Å²) in [5.74, 6) is -0.110. The molecule has 0 N–H and O–H groups in total. The van der Waals surface area contributed by atoms with Crippen molar-refractivity contribution in [2.24, 2.45) is 0 Å². The van der Waals surface area contributed by atoms with Gasteiger partial charge in [-0.1, -0.05) is 18.2 Å². The Morgan fingerprint density at radius 1 is 1.37 bits per heavy atom. The Hall–Kier alpha value is -1.82. The molecule has 1 aliphatic heterocycles. The third-order valence-corrected chi connectivity index (χ3v) is 4.12. The van der Waals surface area contributed by atoms with Crippen LogP contribution in [0.5, 0.6) is 0 Å². The number of carbonyl (C=O) groups is 1. The highest BCUT2D eigenvalue weighted by Crippen LogP contribution is 2.23. The second-order valence-electron chi connectivity index (χ2n) is 4.13. The molecule has 1 aliphatic rings. The lowest BCUT2D eigenvalue weighted by Crippen LogP contribution is -2.41. The van der Waals surface area contributed by atoms with Crippen LogP contribution in [-0.2, 0) is 14.6 Å². The summed E-state index contributed by atoms with van der Waals surface area (Å²) in [5.41, 5.74) is 0.618. The fourth-order valence-electron chi connectivity index (χ4n) is 1.93. The van der Waals surface area contributed by atoms with E-state index in [1.807, 2.05) is 6.07 Å². The van der Waals surface area contributed by atoms with E-state index in [1.54, 1.807) is 31.2 Å². The van der Waals surface area contributed by atoms with Gasteiger partial charge >= 0.3 is 6.09 Å². The highest BCUT2D eigenvalue weighted by molar-refractivity contribution is 7.94. The minimum absolute atomic E-state index is 0.110. The third-order valence-electron chi connectivity index (χ3n) is 2.74. The van der Waals surface area contributed by atoms with Gasteiger partial charge in [-0.3, -0.25) is 4.90 Å². The van der Waals surface area contributed by atoms with E-state index >= 15 is 0 Å². The molecule has 1 unspecified atom stereocenters. The van der Waals surface area contributed by atoms with Crippen molar-refractivity contribution in [3.05, 3.63) is 41.8 Å². The molecule has 1 amide bonds. The van der Waals surface area contributed by atoms with Gasteiger partial charge < -0.3 is 4.74 Å². The molecular formula is C13H15NO4S. The summed E-state index contributed by atoms with van der Waals surface area (Å²) in [6.45, 7) is 1.95. The summed E-state index contributed by atoms with van der Waals surface area (Å²) < 4.78 is 28.0. The van der Waals surface area contributed by atoms with Crippen molar-refractivity contribution >= 4 is 21.6 Å². The first-order valence-corrected chi connectivity index (χ1v) is 7.67. The Bertz CT molecular complexity index is 580. The number of anilines is 1. The van der Waals surface area contributed by atoms with E-state index in [-0.39, 0.29) is 12.4 Å². The number of hydrogen-bond donors (Lipinski definition) is 0. The average molecular weight is 281 g/mol. The first-order valence-electron chi connectivity index (χ1n) is 5.95. The van der Waals surface area contributed by atoms with Crippen LogP contribution in [0.25, 0.3) is 0 Å². The van der Waals surface area contributed by atoms with Crippen LogP contribution in [0.4, 0.5) is 10.5 Å². The molecule has 0 aliphatic carbocycles. The van der Waals surface area contributed by atoms with Crippen molar-refractivity contribution in [1.29, 1.82) is 0 Å². The smallest absolute Gasteiger partial charge is 0.414 e. The summed E-state index contributed by atoms with van der Waals surface area (Å²) in [7, 11) is -3.23. The Morgan fingerprint density at radius 2 is 2.05 bits per heavy atom. The van der Waals surface area contributed by atoms with Crippen molar-refractivity contribution in [1.82, 2.24) is 0 Å². The molecule has 1 atom stereocenters. The van der Waals surface area contributed by atoms with E-state index in [9.17, 15) is 13.2 Å². The van der Waals surface area contributed by atoms with Crippen LogP contribution in [0, 0.1) is 0 Å². The van der Waals surface area contributed by atoms with E-state index in [2.05, 4.69) is 0 Å². The predicted octanol–water partition coefficient (Wildman–Crippen LogP) is 1.96. The van der Waals surface area contributed by atoms with Crippen LogP contribution in [0.2, 0.25) is 0 Å². The van der Waals surface area contributed by atoms with E-state index in [4.69, 9.17) is 4.74 Å². The monoisotopic (exact) mass is 281 g/mol. The van der Waals surface area contributed by atoms with Crippen LogP contribution >= 0.6 is 0 Å². The third kappa shape index (κ3) is 3.14. The van der Waals surface area contributed by atoms with Gasteiger partial charge in [0.25, 0.3) is 0 Å². The van der Waals surface area contributed by atoms with Gasteiger partial charge in [-0.25, -0.2) is 13.2 Å². The lowest BCUT2D eigenvalue weighted by molar-refractivity contribution is 0.159. The number of amides is 1. The van der Waals surface area contributed by atoms with Crippen LogP contribution in [0.15, 0.2) is 41.8 Å². The number of ether oxygens (including phenoxy) is 1. The second kappa shape index (κ2) is 5.44. The van der Waals surface area contributed by atoms with Crippen LogP contribution in [0.3, 0.4) is 0 Å². The maximum Gasteiger partial charge on any atom is 0.414 e. The largest absolute Gasteiger partial charge is 0.449 e. The maximum absolute atomic E-state index is 12.0. The molecule has 1 aromatic rings. The van der Waals surface area contributed by atoms with Crippen LogP contribution in [0.1, 0.15) is 6.92 Å². The summed E-state index contributed by atoms with van der Waals surface area (Å²) in [5, 5.41) is 1.15. The number of para-hydroxylation sites is 1. The molecule has 0 saturated heterocycles. The number of carbonyl (C=O) groups excluding carboxylic acids is 1. The van der Waals surface area contributed by atoms with Gasteiger partial charge in [-0.15, -0.1) is 0 Å². The summed E-state index contributed by atoms with van der Waals surface area (Å²) in [6, 6.07) is 8.37. The zero-order valence-corrected chi connectivity index (χ0v) is 11.3. The Labute approximate surface area is 112 Å². The number of sulfone groups is 1. The van der Waals surface area contributed by atoms with Crippen molar-refractivity contribution in [2.75, 3.05) is 17.3 Å². The molecule has 102 valence electrons. The van der Waals surface area contributed by atoms with E-state index in [0.29, 0.717) is 5.69 Å². The standard InChI is InChI=1S/C13H15NO4S/c1-2-18-13(15)14(11-6-4-3-5-7-11)12-8-9-19(16,17)10-12/h3-9,12H,2,10H2,1H3. The lowest BCUT2D eigenvalue weighted by Gasteiger charge is -2.26. The minimum atomic E-state index is -3.23. The molecule has 2 rings (SSSR count). The molecule has 0 fully saturated rings. The highest BCUT2D eigenvalue weighted by atomic mass is 32.2. The zero-order chi connectivity index (χ0) is 13.9. The van der Waals surface area contributed by atoms with Gasteiger partial charge in [-0.05, 0) is 25.1 Å². The molecule has 0 saturated carbocycles. The number of rotatable bonds is 3. The molecule has 6 heteroatoms. The van der Waals surface area contributed by atoms with Gasteiger partial charge in [0.05, 0.1) is 18.4 Å². The molecule has 0 bridgehead atoms. The van der Waals surface area contributed by atoms with E-state index in [0.717, 1.165) is 5.41 Å². The van der Waals surface area contributed by atoms with Gasteiger partial charge in [0.15, 0.2) is 9.84 Å². The molecular weight excluding hydrogens is 266 g/mol. The van der Waals surface area contributed by atoms with Gasteiger partial charge in [0.2, 0.25) is 0 Å². The molecule has 5 nitrogen and oxygen atoms in total. The Balaban J connectivity index is 2.31. The summed E-state index contributed by atoms with van der Waals surface area (Å²) in [4.78, 5) is 13.4. The Kier molecular flexibility index (Phi) is 3.90. The van der Waals surface area contributed by atoms with Crippen molar-refractivity contribution in [3.63, 3.8) is 0 Å². The number of hydrogen-bond acceptors (Lipinski definition) is 4. The normalized spacial score (nSPS) is 20.2. The maximum atomic E-state index is 12.0. The fraction of sp³-hybridized carbons (Fsp3) is 0.308. The van der Waals surface area contributed by atoms with Gasteiger partial charge in [-0.2, -0.15) is 0 Å². The van der Waals surface area contributed by atoms with Crippen molar-refractivity contribution in [3.8, 4) is 0 Å². The first-order chi connectivity index (χ1) is 9.03. The average Bonchev–Trinajstić information content (AvgIpc) is 2.71. The molecule has 0 spiro atoms. The van der Waals surface area contributed by atoms with Crippen LogP contribution < -0.4 is 4.90 Å². The van der Waals surface area contributed by atoms with Gasteiger partial charge in [0.1, 0.15) is 0 Å². The second-order valence-corrected chi connectivity index (χ2v) is 6.06. The Morgan fingerprint density at radius 3 is 2.58 bits per heavy atom. The SMILES string of the molecule is CCOC(=O)N(c1ccccc1)C1C=CS(=O)(=O)C1. The van der Waals surface area contributed by atoms with Crippen LogP contribution in [-0.4, -0.2) is 32.9 Å². The molecule has 1 heterocycles. The van der Waals surface area contributed by atoms with E-state index in [1.165, 1.54) is 11.0 Å². The highest BCUT2D eigenvalue weighted by Gasteiger charge is 2.32. The molecule has 0 aromatic heterocycles. The quantitative estimate of drug-likeness (QED) is 0.849. The zero-order valence-electron chi connectivity index (χ0n) is 10.5. The summed E-state index contributed by atoms with van der Waals surface area (Å²) >= 11 is 0. The van der Waals surface area contributed by atoms with Gasteiger partial charge in [0, 0.05) is 11.1 Å². The molecule has 19 heavy (non-hydrogen) atoms. The topological polar surface area (TPSA) is 63.7 Å². The predicted molar refractivity (Wildman–Crippen MR) is 72.7 cm³/mol. The lowest BCUT2D eigenvalue weighted by atomic mass is 10.2.